The van der Waals surface area contributed by atoms with Crippen LogP contribution in [0.4, 0.5) is 0 Å². The third kappa shape index (κ3) is 28.5. The minimum Gasteiger partial charge on any atom is -0.400 e. The van der Waals surface area contributed by atoms with Crippen LogP contribution in [0.3, 0.4) is 0 Å². The number of aliphatic hydroxyl groups excluding tert-OH is 1. The molecule has 2 aliphatic rings. The predicted molar refractivity (Wildman–Crippen MR) is 170 cm³/mol. The van der Waals surface area contributed by atoms with Gasteiger partial charge in [-0.05, 0) is 74.8 Å². The molecule has 0 amide bonds. The smallest absolute Gasteiger partial charge is 0.0319 e. The van der Waals surface area contributed by atoms with Crippen LogP contribution in [-0.2, 0) is 0 Å². The molecular weight excluding hydrogens is 462 g/mol. The molecule has 0 aromatic rings. The fraction of sp³-hybridized carbons (Fsp3) is 0.939. The number of unbranched alkanes of at least 4 members (excludes halogenated alkanes) is 1. The molecule has 0 aromatic heterocycles. The van der Waals surface area contributed by atoms with E-state index in [4.69, 9.17) is 16.7 Å². The van der Waals surface area contributed by atoms with Gasteiger partial charge in [-0.1, -0.05) is 126 Å². The Morgan fingerprint density at radius 3 is 1.83 bits per heavy atom. The zero-order valence-electron chi connectivity index (χ0n) is 27.0. The third-order valence-corrected chi connectivity index (χ3v) is 6.85. The maximum atomic E-state index is 7.00. The molecule has 2 fully saturated rings. The van der Waals surface area contributed by atoms with E-state index < -0.39 is 0 Å². The first-order valence-corrected chi connectivity index (χ1v) is 16.3. The molecule has 0 aromatic carbocycles. The van der Waals surface area contributed by atoms with E-state index in [-0.39, 0.29) is 0 Å². The van der Waals surface area contributed by atoms with Crippen LogP contribution < -0.4 is 5.32 Å². The molecule has 3 heteroatoms. The van der Waals surface area contributed by atoms with Gasteiger partial charge in [-0.25, -0.2) is 0 Å². The number of allylic oxidation sites excluding steroid dienone is 1. The van der Waals surface area contributed by atoms with Gasteiger partial charge in [-0.2, -0.15) is 0 Å². The van der Waals surface area contributed by atoms with Crippen LogP contribution in [0.2, 0.25) is 0 Å². The van der Waals surface area contributed by atoms with Crippen LogP contribution in [0, 0.1) is 29.6 Å². The van der Waals surface area contributed by atoms with Crippen LogP contribution in [-0.4, -0.2) is 31.2 Å². The summed E-state index contributed by atoms with van der Waals surface area (Å²) in [5, 5.41) is 10.5. The lowest BCUT2D eigenvalue weighted by molar-refractivity contribution is 0.302. The van der Waals surface area contributed by atoms with Crippen LogP contribution >= 0.6 is 11.6 Å². The van der Waals surface area contributed by atoms with Gasteiger partial charge in [0.05, 0.1) is 0 Å². The first kappa shape index (κ1) is 43.0. The van der Waals surface area contributed by atoms with Crippen molar-refractivity contribution in [1.29, 1.82) is 0 Å². The van der Waals surface area contributed by atoms with E-state index in [1.165, 1.54) is 95.7 Å². The SMILES string of the molecule is C=C1CC(CC)CC(CNCCC)C1.CC.CC.CC(C)C.CCCCC(CCl)C1CCCC1.CO. The molecule has 0 spiro atoms. The molecule has 0 heterocycles. The van der Waals surface area contributed by atoms with E-state index in [1.807, 2.05) is 27.7 Å². The van der Waals surface area contributed by atoms with Crippen LogP contribution in [0.25, 0.3) is 0 Å². The molecule has 0 bridgehead atoms. The highest BCUT2D eigenvalue weighted by Gasteiger charge is 2.23. The van der Waals surface area contributed by atoms with Gasteiger partial charge in [0.2, 0.25) is 0 Å². The lowest BCUT2D eigenvalue weighted by atomic mass is 9.78. The number of hydrogen-bond donors (Lipinski definition) is 2. The van der Waals surface area contributed by atoms with Gasteiger partial charge in [0.25, 0.3) is 0 Å². The monoisotopic (exact) mass is 534 g/mol. The molecule has 222 valence electrons. The number of hydrogen-bond acceptors (Lipinski definition) is 2. The van der Waals surface area contributed by atoms with Crippen molar-refractivity contribution in [3.05, 3.63) is 12.2 Å². The van der Waals surface area contributed by atoms with Gasteiger partial charge in [-0.3, -0.25) is 0 Å². The number of alkyl halides is 1. The largest absolute Gasteiger partial charge is 0.400 e. The molecule has 0 radical (unpaired) electrons. The summed E-state index contributed by atoms with van der Waals surface area (Å²) in [5.41, 5.74) is 1.48. The van der Waals surface area contributed by atoms with Gasteiger partial charge < -0.3 is 10.4 Å². The summed E-state index contributed by atoms with van der Waals surface area (Å²) >= 11 is 5.98. The van der Waals surface area contributed by atoms with E-state index in [2.05, 4.69) is 53.4 Å². The van der Waals surface area contributed by atoms with Crippen molar-refractivity contribution in [3.63, 3.8) is 0 Å². The van der Waals surface area contributed by atoms with E-state index in [0.717, 1.165) is 42.6 Å². The fourth-order valence-corrected chi connectivity index (χ4v) is 5.23. The second-order valence-corrected chi connectivity index (χ2v) is 10.9. The van der Waals surface area contributed by atoms with E-state index in [9.17, 15) is 0 Å². The Hall–Kier alpha value is -0.0500. The summed E-state index contributed by atoms with van der Waals surface area (Å²) in [4.78, 5) is 0. The van der Waals surface area contributed by atoms with Crippen molar-refractivity contribution in [2.24, 2.45) is 29.6 Å². The summed E-state index contributed by atoms with van der Waals surface area (Å²) in [6.45, 7) is 27.8. The van der Waals surface area contributed by atoms with Gasteiger partial charge in [0, 0.05) is 13.0 Å². The Morgan fingerprint density at radius 1 is 0.917 bits per heavy atom. The number of halogens is 1. The Labute approximate surface area is 235 Å². The molecule has 2 aliphatic carbocycles. The van der Waals surface area contributed by atoms with E-state index >= 15 is 0 Å². The topological polar surface area (TPSA) is 32.3 Å². The average molecular weight is 534 g/mol. The number of rotatable bonds is 10. The fourth-order valence-electron chi connectivity index (χ4n) is 4.82. The Morgan fingerprint density at radius 2 is 1.42 bits per heavy atom. The van der Waals surface area contributed by atoms with Crippen molar-refractivity contribution in [3.8, 4) is 0 Å². The molecule has 2 nitrogen and oxygen atoms in total. The summed E-state index contributed by atoms with van der Waals surface area (Å²) in [5.74, 6) is 5.28. The van der Waals surface area contributed by atoms with Gasteiger partial charge in [0.1, 0.15) is 0 Å². The normalized spacial score (nSPS) is 19.6. The van der Waals surface area contributed by atoms with E-state index in [0.29, 0.717) is 0 Å². The lowest BCUT2D eigenvalue weighted by Gasteiger charge is -2.30. The average Bonchev–Trinajstić information content (AvgIpc) is 3.43. The second-order valence-electron chi connectivity index (χ2n) is 10.6. The molecule has 36 heavy (non-hydrogen) atoms. The number of nitrogens with one attached hydrogen (secondary N) is 1. The molecule has 2 saturated carbocycles. The highest BCUT2D eigenvalue weighted by Crippen LogP contribution is 2.35. The molecule has 3 atom stereocenters. The van der Waals surface area contributed by atoms with Gasteiger partial charge in [0.15, 0.2) is 0 Å². The minimum absolute atomic E-state index is 0.828. The number of aliphatic hydroxyl groups is 1. The summed E-state index contributed by atoms with van der Waals surface area (Å²) in [7, 11) is 1.00. The maximum absolute atomic E-state index is 7.00. The molecule has 2 N–H and O–H groups in total. The predicted octanol–water partition coefficient (Wildman–Crippen LogP) is 10.9. The van der Waals surface area contributed by atoms with Crippen LogP contribution in [0.15, 0.2) is 12.2 Å². The van der Waals surface area contributed by atoms with Crippen molar-refractivity contribution >= 4 is 11.6 Å². The van der Waals surface area contributed by atoms with Gasteiger partial charge >= 0.3 is 0 Å². The first-order valence-electron chi connectivity index (χ1n) is 15.8. The van der Waals surface area contributed by atoms with Gasteiger partial charge in [-0.15, -0.1) is 11.6 Å². The zero-order chi connectivity index (χ0) is 28.8. The minimum atomic E-state index is 0.828. The van der Waals surface area contributed by atoms with Crippen LogP contribution in [0.1, 0.15) is 146 Å². The molecule has 2 rings (SSSR count). The van der Waals surface area contributed by atoms with Crippen LogP contribution in [0.5, 0.6) is 0 Å². The third-order valence-electron chi connectivity index (χ3n) is 6.45. The zero-order valence-corrected chi connectivity index (χ0v) is 27.8. The highest BCUT2D eigenvalue weighted by atomic mass is 35.5. The van der Waals surface area contributed by atoms with Crippen molar-refractivity contribution in [1.82, 2.24) is 5.32 Å². The lowest BCUT2D eigenvalue weighted by Crippen LogP contribution is -2.28. The molecule has 3 unspecified atom stereocenters. The highest BCUT2D eigenvalue weighted by molar-refractivity contribution is 6.18. The summed E-state index contributed by atoms with van der Waals surface area (Å²) in [6.07, 6.45) is 16.4. The van der Waals surface area contributed by atoms with Crippen molar-refractivity contribution < 1.29 is 5.11 Å². The first-order chi connectivity index (χ1) is 17.4. The van der Waals surface area contributed by atoms with Crippen molar-refractivity contribution in [2.45, 2.75) is 146 Å². The Bertz CT molecular complexity index is 390. The maximum Gasteiger partial charge on any atom is 0.0319 e. The van der Waals surface area contributed by atoms with E-state index in [1.54, 1.807) is 0 Å². The van der Waals surface area contributed by atoms with Crippen molar-refractivity contribution in [2.75, 3.05) is 26.1 Å². The second kappa shape index (κ2) is 35.0. The molecule has 0 aliphatic heterocycles. The Kier molecular flexibility index (Phi) is 41.8. The summed E-state index contributed by atoms with van der Waals surface area (Å²) in [6, 6.07) is 0. The standard InChI is InChI=1S/C13H25N.C11H21Cl.C4H10.2C2H6.CH4O/c1-4-6-14-10-13-8-11(3)7-12(5-2)9-13;1-2-3-6-11(9-12)10-7-4-5-8-10;1-4(2)3;3*1-2/h12-14H,3-10H2,1-2H3;10-11H,2-9H2,1H3;4H,1-3H3;2*1-2H3;2H,1H3. The summed E-state index contributed by atoms with van der Waals surface area (Å²) < 4.78 is 0. The quantitative estimate of drug-likeness (QED) is 0.166. The molecule has 0 saturated heterocycles. The molecular formula is C33H72ClNO. The Balaban J connectivity index is -0.000000211.